The molecular formula is C17H22NO5S-. The van der Waals surface area contributed by atoms with E-state index in [1.54, 1.807) is 13.8 Å². The van der Waals surface area contributed by atoms with Crippen molar-refractivity contribution >= 4 is 34.2 Å². The molecule has 0 aromatic carbocycles. The molecule has 0 unspecified atom stereocenters. The molecule has 1 aliphatic carbocycles. The first-order valence-corrected chi connectivity index (χ1v) is 8.97. The van der Waals surface area contributed by atoms with Gasteiger partial charge in [0.05, 0.1) is 12.2 Å². The minimum atomic E-state index is -1.18. The van der Waals surface area contributed by atoms with E-state index in [1.165, 1.54) is 11.3 Å². The first-order valence-electron chi connectivity index (χ1n) is 8.15. The van der Waals surface area contributed by atoms with Gasteiger partial charge >= 0.3 is 5.97 Å². The number of nitrogens with one attached hydrogen (secondary N) is 1. The summed E-state index contributed by atoms with van der Waals surface area (Å²) in [4.78, 5) is 36.9. The molecule has 1 fully saturated rings. The van der Waals surface area contributed by atoms with Crippen molar-refractivity contribution in [1.29, 1.82) is 0 Å². The lowest BCUT2D eigenvalue weighted by atomic mass is 9.79. The molecule has 0 spiro atoms. The lowest BCUT2D eigenvalue weighted by molar-refractivity contribution is -0.313. The SMILES string of the molecule is CCOC(=O)c1c(NC(=O)[C@H]2CCCC[C@H]2C(=O)[O-])sc(C)c1C. The van der Waals surface area contributed by atoms with Gasteiger partial charge in [-0.3, -0.25) is 4.79 Å². The molecule has 6 nitrogen and oxygen atoms in total. The van der Waals surface area contributed by atoms with Crippen LogP contribution >= 0.6 is 11.3 Å². The van der Waals surface area contributed by atoms with Crippen LogP contribution in [0.1, 0.15) is 53.4 Å². The van der Waals surface area contributed by atoms with Crippen LogP contribution in [0.3, 0.4) is 0 Å². The number of hydrogen-bond donors (Lipinski definition) is 1. The average molecular weight is 352 g/mol. The highest BCUT2D eigenvalue weighted by atomic mass is 32.1. The highest BCUT2D eigenvalue weighted by Gasteiger charge is 2.33. The van der Waals surface area contributed by atoms with E-state index in [4.69, 9.17) is 4.74 Å². The Morgan fingerprint density at radius 1 is 1.21 bits per heavy atom. The lowest BCUT2D eigenvalue weighted by Crippen LogP contribution is -2.42. The Balaban J connectivity index is 2.24. The molecule has 1 aromatic heterocycles. The van der Waals surface area contributed by atoms with Crippen LogP contribution in [0, 0.1) is 25.7 Å². The van der Waals surface area contributed by atoms with Gasteiger partial charge in [0.1, 0.15) is 5.00 Å². The maximum absolute atomic E-state index is 12.6. The summed E-state index contributed by atoms with van der Waals surface area (Å²) < 4.78 is 5.06. The second kappa shape index (κ2) is 7.79. The first-order chi connectivity index (χ1) is 11.4. The third-order valence-corrected chi connectivity index (χ3v) is 5.63. The zero-order valence-electron chi connectivity index (χ0n) is 14.1. The highest BCUT2D eigenvalue weighted by Crippen LogP contribution is 2.35. The van der Waals surface area contributed by atoms with E-state index in [-0.39, 0.29) is 12.5 Å². The lowest BCUT2D eigenvalue weighted by Gasteiger charge is -2.31. The maximum atomic E-state index is 12.6. The van der Waals surface area contributed by atoms with E-state index in [2.05, 4.69) is 5.32 Å². The predicted octanol–water partition coefficient (Wildman–Crippen LogP) is 2.04. The van der Waals surface area contributed by atoms with E-state index < -0.39 is 23.8 Å². The number of amides is 1. The molecule has 24 heavy (non-hydrogen) atoms. The van der Waals surface area contributed by atoms with Crippen LogP contribution in [0.25, 0.3) is 0 Å². The number of rotatable bonds is 5. The molecule has 0 saturated heterocycles. The van der Waals surface area contributed by atoms with Crippen molar-refractivity contribution < 1.29 is 24.2 Å². The fourth-order valence-corrected chi connectivity index (χ4v) is 4.15. The zero-order chi connectivity index (χ0) is 17.9. The van der Waals surface area contributed by atoms with E-state index in [0.29, 0.717) is 23.4 Å². The van der Waals surface area contributed by atoms with Gasteiger partial charge in [0.25, 0.3) is 0 Å². The van der Waals surface area contributed by atoms with Crippen LogP contribution in [-0.2, 0) is 14.3 Å². The Labute approximate surface area is 145 Å². The first kappa shape index (κ1) is 18.4. The standard InChI is InChI=1S/C17H23NO5S/c1-4-23-17(22)13-9(2)10(3)24-15(13)18-14(19)11-7-5-6-8-12(11)16(20)21/h11-12H,4-8H2,1-3H3,(H,18,19)(H,20,21)/p-1/t11-,12+/m0/s1. The molecule has 7 heteroatoms. The summed E-state index contributed by atoms with van der Waals surface area (Å²) in [7, 11) is 0. The molecule has 2 rings (SSSR count). The van der Waals surface area contributed by atoms with Gasteiger partial charge < -0.3 is 20.0 Å². The molecule has 1 aliphatic rings. The monoisotopic (exact) mass is 352 g/mol. The van der Waals surface area contributed by atoms with Crippen LogP contribution in [0.5, 0.6) is 0 Å². The third-order valence-electron chi connectivity index (χ3n) is 4.51. The molecule has 2 atom stereocenters. The number of carbonyl (C=O) groups is 3. The number of aryl methyl sites for hydroxylation is 1. The van der Waals surface area contributed by atoms with Crippen LogP contribution < -0.4 is 10.4 Å². The Morgan fingerprint density at radius 2 is 1.83 bits per heavy atom. The summed E-state index contributed by atoms with van der Waals surface area (Å²) >= 11 is 1.30. The molecule has 1 amide bonds. The number of anilines is 1. The summed E-state index contributed by atoms with van der Waals surface area (Å²) in [5.41, 5.74) is 1.13. The average Bonchev–Trinajstić information content (AvgIpc) is 2.81. The second-order valence-electron chi connectivity index (χ2n) is 6.01. The Morgan fingerprint density at radius 3 is 2.42 bits per heavy atom. The summed E-state index contributed by atoms with van der Waals surface area (Å²) in [6, 6.07) is 0. The van der Waals surface area contributed by atoms with Crippen LogP contribution in [0.4, 0.5) is 5.00 Å². The van der Waals surface area contributed by atoms with Crippen LogP contribution in [0.15, 0.2) is 0 Å². The third kappa shape index (κ3) is 3.77. The molecule has 0 radical (unpaired) electrons. The minimum absolute atomic E-state index is 0.246. The summed E-state index contributed by atoms with van der Waals surface area (Å²) in [6.45, 7) is 5.63. The van der Waals surface area contributed by atoms with Gasteiger partial charge in [-0.2, -0.15) is 0 Å². The highest BCUT2D eigenvalue weighted by molar-refractivity contribution is 7.16. The Hall–Kier alpha value is -1.89. The number of ether oxygens (including phenoxy) is 1. The number of carboxylic acid groups (broad SMARTS) is 1. The van der Waals surface area contributed by atoms with Gasteiger partial charge in [-0.15, -0.1) is 11.3 Å². The number of esters is 1. The Kier molecular flexibility index (Phi) is 5.99. The number of thiophene rings is 1. The van der Waals surface area contributed by atoms with Gasteiger partial charge in [0.15, 0.2) is 0 Å². The van der Waals surface area contributed by atoms with Gasteiger partial charge in [-0.05, 0) is 39.2 Å². The molecule has 132 valence electrons. The predicted molar refractivity (Wildman–Crippen MR) is 88.8 cm³/mol. The van der Waals surface area contributed by atoms with E-state index in [9.17, 15) is 19.5 Å². The number of carboxylic acids is 1. The number of aliphatic carboxylic acids is 1. The van der Waals surface area contributed by atoms with Crippen LogP contribution in [0.2, 0.25) is 0 Å². The van der Waals surface area contributed by atoms with Crippen molar-refractivity contribution in [2.24, 2.45) is 11.8 Å². The van der Waals surface area contributed by atoms with Gasteiger partial charge in [-0.1, -0.05) is 12.8 Å². The zero-order valence-corrected chi connectivity index (χ0v) is 15.0. The molecular weight excluding hydrogens is 330 g/mol. The van der Waals surface area contributed by atoms with E-state index in [0.717, 1.165) is 23.3 Å². The number of carbonyl (C=O) groups excluding carboxylic acids is 3. The van der Waals surface area contributed by atoms with Crippen molar-refractivity contribution in [1.82, 2.24) is 0 Å². The van der Waals surface area contributed by atoms with Crippen molar-refractivity contribution in [2.45, 2.75) is 46.5 Å². The summed E-state index contributed by atoms with van der Waals surface area (Å²) in [6.07, 6.45) is 2.57. The molecule has 0 bridgehead atoms. The van der Waals surface area contributed by atoms with Gasteiger partial charge in [-0.25, -0.2) is 4.79 Å². The molecule has 1 heterocycles. The summed E-state index contributed by atoms with van der Waals surface area (Å²) in [5, 5.41) is 14.5. The smallest absolute Gasteiger partial charge is 0.341 e. The molecule has 1 N–H and O–H groups in total. The second-order valence-corrected chi connectivity index (χ2v) is 7.24. The van der Waals surface area contributed by atoms with E-state index in [1.807, 2.05) is 6.92 Å². The topological polar surface area (TPSA) is 95.5 Å². The van der Waals surface area contributed by atoms with Crippen molar-refractivity contribution in [3.05, 3.63) is 16.0 Å². The quantitative estimate of drug-likeness (QED) is 0.818. The minimum Gasteiger partial charge on any atom is -0.550 e. The van der Waals surface area contributed by atoms with Gasteiger partial charge in [0.2, 0.25) is 5.91 Å². The normalized spacial score (nSPS) is 20.5. The molecule has 0 aliphatic heterocycles. The van der Waals surface area contributed by atoms with Gasteiger partial charge in [0, 0.05) is 22.7 Å². The maximum Gasteiger partial charge on any atom is 0.341 e. The Bertz CT molecular complexity index is 652. The fourth-order valence-electron chi connectivity index (χ4n) is 3.10. The van der Waals surface area contributed by atoms with Crippen LogP contribution in [-0.4, -0.2) is 24.5 Å². The van der Waals surface area contributed by atoms with Crippen molar-refractivity contribution in [3.8, 4) is 0 Å². The molecule has 1 saturated carbocycles. The van der Waals surface area contributed by atoms with Crippen molar-refractivity contribution in [2.75, 3.05) is 11.9 Å². The summed E-state index contributed by atoms with van der Waals surface area (Å²) in [5.74, 6) is -3.42. The fraction of sp³-hybridized carbons (Fsp3) is 0.588. The van der Waals surface area contributed by atoms with Crippen molar-refractivity contribution in [3.63, 3.8) is 0 Å². The van der Waals surface area contributed by atoms with E-state index >= 15 is 0 Å². The largest absolute Gasteiger partial charge is 0.550 e. The molecule has 1 aromatic rings. The number of hydrogen-bond acceptors (Lipinski definition) is 6.